The van der Waals surface area contributed by atoms with Gasteiger partial charge < -0.3 is 9.72 Å². The van der Waals surface area contributed by atoms with Gasteiger partial charge in [-0.15, -0.1) is 0 Å². The van der Waals surface area contributed by atoms with Gasteiger partial charge in [0.1, 0.15) is 0 Å². The number of ether oxygens (including phenoxy) is 1. The van der Waals surface area contributed by atoms with Crippen LogP contribution in [0.15, 0.2) is 47.5 Å². The van der Waals surface area contributed by atoms with E-state index in [4.69, 9.17) is 4.74 Å². The van der Waals surface area contributed by atoms with E-state index in [0.717, 1.165) is 5.56 Å². The minimum absolute atomic E-state index is 0.156. The van der Waals surface area contributed by atoms with Gasteiger partial charge in [0.2, 0.25) is 5.88 Å². The van der Waals surface area contributed by atoms with E-state index < -0.39 is 0 Å². The van der Waals surface area contributed by atoms with Crippen molar-refractivity contribution in [3.05, 3.63) is 53.1 Å². The zero-order valence-corrected chi connectivity index (χ0v) is 10.3. The molecule has 94 valence electrons. The Hall–Kier alpha value is -2.69. The molecule has 3 aromatic rings. The van der Waals surface area contributed by atoms with Gasteiger partial charge in [0, 0.05) is 24.0 Å². The Morgan fingerprint density at radius 2 is 2.11 bits per heavy atom. The predicted molar refractivity (Wildman–Crippen MR) is 72.1 cm³/mol. The normalized spacial score (nSPS) is 10.6. The van der Waals surface area contributed by atoms with Crippen molar-refractivity contribution < 1.29 is 4.74 Å². The quantitative estimate of drug-likeness (QED) is 0.758. The summed E-state index contributed by atoms with van der Waals surface area (Å²) in [5.74, 6) is 0.532. The number of fused-ring (bicyclic) bond motifs is 1. The molecule has 0 radical (unpaired) electrons. The van der Waals surface area contributed by atoms with Crippen molar-refractivity contribution in [3.8, 4) is 17.1 Å². The molecular formula is C14H11N3O2. The van der Waals surface area contributed by atoms with E-state index in [9.17, 15) is 4.79 Å². The molecule has 0 aromatic carbocycles. The molecule has 3 rings (SSSR count). The molecule has 19 heavy (non-hydrogen) atoms. The lowest BCUT2D eigenvalue weighted by Gasteiger charge is -2.04. The number of pyridine rings is 3. The first-order valence-electron chi connectivity index (χ1n) is 5.76. The number of nitrogens with zero attached hydrogens (tertiary/aromatic N) is 2. The first-order chi connectivity index (χ1) is 9.28. The van der Waals surface area contributed by atoms with Gasteiger partial charge in [-0.05, 0) is 24.3 Å². The Morgan fingerprint density at radius 3 is 2.84 bits per heavy atom. The van der Waals surface area contributed by atoms with E-state index in [0.29, 0.717) is 22.5 Å². The molecule has 0 saturated carbocycles. The van der Waals surface area contributed by atoms with Crippen LogP contribution in [0.4, 0.5) is 0 Å². The zero-order chi connectivity index (χ0) is 13.2. The second-order valence-electron chi connectivity index (χ2n) is 4.04. The summed E-state index contributed by atoms with van der Waals surface area (Å²) in [4.78, 5) is 23.1. The van der Waals surface area contributed by atoms with E-state index in [1.165, 1.54) is 0 Å². The lowest BCUT2D eigenvalue weighted by atomic mass is 10.1. The minimum Gasteiger partial charge on any atom is -0.481 e. The molecule has 0 atom stereocenters. The average Bonchev–Trinajstić information content (AvgIpc) is 2.47. The molecule has 0 saturated heterocycles. The topological polar surface area (TPSA) is 67.9 Å². The van der Waals surface area contributed by atoms with E-state index in [-0.39, 0.29) is 5.56 Å². The number of rotatable bonds is 2. The van der Waals surface area contributed by atoms with Crippen LogP contribution in [0.3, 0.4) is 0 Å². The van der Waals surface area contributed by atoms with Crippen LogP contribution in [-0.2, 0) is 0 Å². The Balaban J connectivity index is 2.16. The lowest BCUT2D eigenvalue weighted by Crippen LogP contribution is -2.07. The van der Waals surface area contributed by atoms with Crippen LogP contribution in [0.1, 0.15) is 0 Å². The molecule has 3 aromatic heterocycles. The summed E-state index contributed by atoms with van der Waals surface area (Å²) in [6, 6.07) is 8.91. The van der Waals surface area contributed by atoms with E-state index >= 15 is 0 Å². The largest absolute Gasteiger partial charge is 0.481 e. The predicted octanol–water partition coefficient (Wildman–Crippen LogP) is 1.99. The standard InChI is InChI=1S/C14H11N3O2/c1-19-13-5-4-9(8-16-13)11-7-12-10(14(18)17-11)3-2-6-15-12/h2-8H,1H3,(H,17,18). The second kappa shape index (κ2) is 4.53. The molecule has 1 N–H and O–H groups in total. The molecule has 0 unspecified atom stereocenters. The van der Waals surface area contributed by atoms with Crippen molar-refractivity contribution >= 4 is 10.9 Å². The number of aromatic amines is 1. The van der Waals surface area contributed by atoms with E-state index in [1.807, 2.05) is 12.1 Å². The van der Waals surface area contributed by atoms with Crippen molar-refractivity contribution in [1.82, 2.24) is 15.0 Å². The van der Waals surface area contributed by atoms with Gasteiger partial charge in [0.15, 0.2) is 0 Å². The fourth-order valence-electron chi connectivity index (χ4n) is 1.90. The highest BCUT2D eigenvalue weighted by molar-refractivity contribution is 5.81. The van der Waals surface area contributed by atoms with Crippen LogP contribution in [0, 0.1) is 0 Å². The Bertz CT molecular complexity index is 779. The Morgan fingerprint density at radius 1 is 1.21 bits per heavy atom. The number of hydrogen-bond donors (Lipinski definition) is 1. The van der Waals surface area contributed by atoms with Crippen molar-refractivity contribution in [2.75, 3.05) is 7.11 Å². The molecular weight excluding hydrogens is 242 g/mol. The second-order valence-corrected chi connectivity index (χ2v) is 4.04. The van der Waals surface area contributed by atoms with Crippen molar-refractivity contribution in [2.24, 2.45) is 0 Å². The first kappa shape index (κ1) is 11.4. The molecule has 0 spiro atoms. The smallest absolute Gasteiger partial charge is 0.257 e. The summed E-state index contributed by atoms with van der Waals surface area (Å²) in [6.07, 6.45) is 3.32. The van der Waals surface area contributed by atoms with Gasteiger partial charge in [-0.3, -0.25) is 9.78 Å². The molecule has 0 bridgehead atoms. The molecule has 0 aliphatic rings. The van der Waals surface area contributed by atoms with Gasteiger partial charge >= 0.3 is 0 Å². The summed E-state index contributed by atoms with van der Waals surface area (Å²) >= 11 is 0. The highest BCUT2D eigenvalue weighted by atomic mass is 16.5. The monoisotopic (exact) mass is 253 g/mol. The van der Waals surface area contributed by atoms with Crippen LogP contribution in [-0.4, -0.2) is 22.1 Å². The number of methoxy groups -OCH3 is 1. The highest BCUT2D eigenvalue weighted by Gasteiger charge is 2.05. The maximum Gasteiger partial charge on any atom is 0.257 e. The third kappa shape index (κ3) is 2.06. The molecule has 5 nitrogen and oxygen atoms in total. The van der Waals surface area contributed by atoms with Gasteiger partial charge in [-0.2, -0.15) is 0 Å². The lowest BCUT2D eigenvalue weighted by molar-refractivity contribution is 0.398. The summed E-state index contributed by atoms with van der Waals surface area (Å²) in [7, 11) is 1.56. The Labute approximate surface area is 108 Å². The number of hydrogen-bond acceptors (Lipinski definition) is 4. The van der Waals surface area contributed by atoms with Gasteiger partial charge in [0.25, 0.3) is 5.56 Å². The number of H-pyrrole nitrogens is 1. The van der Waals surface area contributed by atoms with Gasteiger partial charge in [0.05, 0.1) is 23.7 Å². The minimum atomic E-state index is -0.156. The van der Waals surface area contributed by atoms with Crippen molar-refractivity contribution in [1.29, 1.82) is 0 Å². The van der Waals surface area contributed by atoms with Crippen LogP contribution in [0.25, 0.3) is 22.2 Å². The highest BCUT2D eigenvalue weighted by Crippen LogP contribution is 2.19. The SMILES string of the molecule is COc1ccc(-c2cc3ncccc3c(=O)[nH]2)cn1. The summed E-state index contributed by atoms with van der Waals surface area (Å²) in [5, 5.41) is 0.577. The molecule has 0 fully saturated rings. The van der Waals surface area contributed by atoms with E-state index in [2.05, 4.69) is 15.0 Å². The van der Waals surface area contributed by atoms with Crippen LogP contribution in [0.2, 0.25) is 0 Å². The van der Waals surface area contributed by atoms with Gasteiger partial charge in [-0.25, -0.2) is 4.98 Å². The molecule has 0 aliphatic carbocycles. The zero-order valence-electron chi connectivity index (χ0n) is 10.3. The summed E-state index contributed by atoms with van der Waals surface area (Å²) in [6.45, 7) is 0. The maximum absolute atomic E-state index is 12.0. The molecule has 5 heteroatoms. The Kier molecular flexibility index (Phi) is 2.72. The molecule has 3 heterocycles. The molecule has 0 amide bonds. The first-order valence-corrected chi connectivity index (χ1v) is 5.76. The van der Waals surface area contributed by atoms with Crippen LogP contribution < -0.4 is 10.3 Å². The average molecular weight is 253 g/mol. The number of aromatic nitrogens is 3. The summed E-state index contributed by atoms with van der Waals surface area (Å²) < 4.78 is 5.00. The fraction of sp³-hybridized carbons (Fsp3) is 0.0714. The van der Waals surface area contributed by atoms with Crippen LogP contribution in [0.5, 0.6) is 5.88 Å². The maximum atomic E-state index is 12.0. The van der Waals surface area contributed by atoms with Crippen LogP contribution >= 0.6 is 0 Å². The fourth-order valence-corrected chi connectivity index (χ4v) is 1.90. The third-order valence-electron chi connectivity index (χ3n) is 2.87. The number of nitrogens with one attached hydrogen (secondary N) is 1. The summed E-state index contributed by atoms with van der Waals surface area (Å²) in [5.41, 5.74) is 2.00. The molecule has 0 aliphatic heterocycles. The van der Waals surface area contributed by atoms with Crippen molar-refractivity contribution in [3.63, 3.8) is 0 Å². The van der Waals surface area contributed by atoms with Crippen molar-refractivity contribution in [2.45, 2.75) is 0 Å². The third-order valence-corrected chi connectivity index (χ3v) is 2.87. The van der Waals surface area contributed by atoms with Gasteiger partial charge in [-0.1, -0.05) is 0 Å². The van der Waals surface area contributed by atoms with E-state index in [1.54, 1.807) is 37.7 Å².